The molecule has 1 heterocycles. The molecule has 0 radical (unpaired) electrons. The van der Waals surface area contributed by atoms with Crippen molar-refractivity contribution in [3.8, 4) is 17.9 Å². The highest BCUT2D eigenvalue weighted by molar-refractivity contribution is 7.16. The number of benzene rings is 1. The van der Waals surface area contributed by atoms with Gasteiger partial charge in [-0.1, -0.05) is 12.1 Å². The molecule has 1 aromatic carbocycles. The smallest absolute Gasteiger partial charge is 0.344 e. The number of esters is 1. The van der Waals surface area contributed by atoms with Crippen LogP contribution in [0, 0.1) is 22.7 Å². The third-order valence-electron chi connectivity index (χ3n) is 4.73. The molecule has 0 saturated carbocycles. The quantitative estimate of drug-likeness (QED) is 0.400. The van der Waals surface area contributed by atoms with E-state index >= 15 is 0 Å². The van der Waals surface area contributed by atoms with Crippen LogP contribution in [0.1, 0.15) is 41.3 Å². The molecule has 1 N–H and O–H groups in total. The number of anilines is 1. The monoisotopic (exact) mass is 435 g/mol. The second kappa shape index (κ2) is 10.4. The van der Waals surface area contributed by atoms with E-state index < -0.39 is 11.9 Å². The summed E-state index contributed by atoms with van der Waals surface area (Å²) in [5, 5.41) is 22.2. The van der Waals surface area contributed by atoms with Gasteiger partial charge in [0.25, 0.3) is 5.91 Å². The largest absolute Gasteiger partial charge is 0.482 e. The van der Waals surface area contributed by atoms with E-state index in [1.165, 1.54) is 17.4 Å². The van der Waals surface area contributed by atoms with Crippen LogP contribution in [0.5, 0.6) is 5.75 Å². The van der Waals surface area contributed by atoms with Crippen LogP contribution in [0.3, 0.4) is 0 Å². The summed E-state index contributed by atoms with van der Waals surface area (Å²) in [6, 6.07) is 10.7. The van der Waals surface area contributed by atoms with Gasteiger partial charge < -0.3 is 14.8 Å². The molecule has 1 aliphatic rings. The number of ether oxygens (including phenoxy) is 2. The van der Waals surface area contributed by atoms with Gasteiger partial charge in [-0.2, -0.15) is 10.5 Å². The summed E-state index contributed by atoms with van der Waals surface area (Å²) in [7, 11) is 0. The first-order valence-corrected chi connectivity index (χ1v) is 10.7. The fourth-order valence-corrected chi connectivity index (χ4v) is 4.50. The number of amides is 1. The number of carbonyl (C=O) groups is 2. The minimum absolute atomic E-state index is 0.0737. The zero-order valence-electron chi connectivity index (χ0n) is 17.1. The van der Waals surface area contributed by atoms with Crippen LogP contribution in [-0.4, -0.2) is 25.1 Å². The number of nitrogens with one attached hydrogen (secondary N) is 1. The van der Waals surface area contributed by atoms with Gasteiger partial charge in [-0.3, -0.25) is 4.79 Å². The van der Waals surface area contributed by atoms with Crippen molar-refractivity contribution in [3.05, 3.63) is 51.4 Å². The maximum Gasteiger partial charge on any atom is 0.344 e. The number of carbonyl (C=O) groups excluding carboxylic acids is 2. The van der Waals surface area contributed by atoms with Gasteiger partial charge in [0.1, 0.15) is 28.5 Å². The molecule has 0 bridgehead atoms. The number of hydrogen-bond acceptors (Lipinski definition) is 7. The first-order valence-electron chi connectivity index (χ1n) is 9.92. The second-order valence-corrected chi connectivity index (χ2v) is 7.92. The third-order valence-corrected chi connectivity index (χ3v) is 5.94. The summed E-state index contributed by atoms with van der Waals surface area (Å²) in [6.07, 6.45) is 5.33. The van der Waals surface area contributed by atoms with Crippen molar-refractivity contribution in [1.82, 2.24) is 0 Å². The van der Waals surface area contributed by atoms with Crippen molar-refractivity contribution in [2.45, 2.75) is 32.6 Å². The molecular formula is C23H21N3O4S. The van der Waals surface area contributed by atoms with Gasteiger partial charge in [-0.05, 0) is 61.9 Å². The number of rotatable bonds is 7. The van der Waals surface area contributed by atoms with Crippen LogP contribution in [0.2, 0.25) is 0 Å². The van der Waals surface area contributed by atoms with Crippen molar-refractivity contribution < 1.29 is 19.1 Å². The Morgan fingerprint density at radius 1 is 1.19 bits per heavy atom. The molecule has 31 heavy (non-hydrogen) atoms. The Labute approximate surface area is 184 Å². The van der Waals surface area contributed by atoms with Gasteiger partial charge in [-0.25, -0.2) is 4.79 Å². The van der Waals surface area contributed by atoms with Crippen LogP contribution < -0.4 is 10.1 Å². The SMILES string of the molecule is CCOC(=O)COc1ccc(/C=C(\C#N)C(=O)Nc2sc3c(c2C#N)CCCC3)cc1. The standard InChI is InChI=1S/C23H21N3O4S/c1-2-29-21(27)14-30-17-9-7-15(8-10-17)11-16(12-24)22(28)26-23-19(13-25)18-5-3-4-6-20(18)31-23/h7-11H,2-6,14H2,1H3,(H,26,28)/b16-11+. The molecule has 8 heteroatoms. The first kappa shape index (κ1) is 22.1. The second-order valence-electron chi connectivity index (χ2n) is 6.81. The van der Waals surface area contributed by atoms with Gasteiger partial charge in [0, 0.05) is 4.88 Å². The number of thiophene rings is 1. The van der Waals surface area contributed by atoms with Crippen molar-refractivity contribution in [2.75, 3.05) is 18.5 Å². The molecule has 0 aliphatic heterocycles. The van der Waals surface area contributed by atoms with Crippen molar-refractivity contribution >= 4 is 34.3 Å². The molecule has 0 spiro atoms. The Hall–Kier alpha value is -3.62. The Balaban J connectivity index is 1.70. The predicted octanol–water partition coefficient (Wildman–Crippen LogP) is 3.99. The summed E-state index contributed by atoms with van der Waals surface area (Å²) >= 11 is 1.42. The van der Waals surface area contributed by atoms with Crippen LogP contribution in [-0.2, 0) is 27.2 Å². The van der Waals surface area contributed by atoms with E-state index in [9.17, 15) is 20.1 Å². The van der Waals surface area contributed by atoms with Crippen LogP contribution >= 0.6 is 11.3 Å². The first-order chi connectivity index (χ1) is 15.0. The molecule has 1 amide bonds. The molecule has 0 saturated heterocycles. The van der Waals surface area contributed by atoms with Gasteiger partial charge in [-0.15, -0.1) is 11.3 Å². The Morgan fingerprint density at radius 3 is 2.61 bits per heavy atom. The average molecular weight is 436 g/mol. The van der Waals surface area contributed by atoms with Gasteiger partial charge in [0.15, 0.2) is 6.61 Å². The number of hydrogen-bond donors (Lipinski definition) is 1. The molecule has 3 rings (SSSR count). The van der Waals surface area contributed by atoms with Crippen LogP contribution in [0.15, 0.2) is 29.8 Å². The fraction of sp³-hybridized carbons (Fsp3) is 0.304. The number of fused-ring (bicyclic) bond motifs is 1. The molecule has 1 aromatic heterocycles. The van der Waals surface area contributed by atoms with E-state index in [0.29, 0.717) is 21.9 Å². The van der Waals surface area contributed by atoms with Crippen LogP contribution in [0.4, 0.5) is 5.00 Å². The highest BCUT2D eigenvalue weighted by Gasteiger charge is 2.22. The summed E-state index contributed by atoms with van der Waals surface area (Å²) < 4.78 is 10.1. The Morgan fingerprint density at radius 2 is 1.94 bits per heavy atom. The lowest BCUT2D eigenvalue weighted by atomic mass is 9.96. The molecule has 2 aromatic rings. The van der Waals surface area contributed by atoms with Crippen LogP contribution in [0.25, 0.3) is 6.08 Å². The molecule has 0 unspecified atom stereocenters. The summed E-state index contributed by atoms with van der Waals surface area (Å²) in [5.41, 5.74) is 2.08. The van der Waals surface area contributed by atoms with Crippen molar-refractivity contribution in [3.63, 3.8) is 0 Å². The van der Waals surface area contributed by atoms with E-state index in [2.05, 4.69) is 11.4 Å². The lowest BCUT2D eigenvalue weighted by molar-refractivity contribution is -0.145. The van der Waals surface area contributed by atoms with E-state index in [4.69, 9.17) is 9.47 Å². The molecule has 1 aliphatic carbocycles. The number of aryl methyl sites for hydroxylation is 1. The molecule has 7 nitrogen and oxygen atoms in total. The normalized spacial score (nSPS) is 12.8. The summed E-state index contributed by atoms with van der Waals surface area (Å²) in [4.78, 5) is 25.1. The Kier molecular flexibility index (Phi) is 7.42. The van der Waals surface area contributed by atoms with E-state index in [-0.39, 0.29) is 18.8 Å². The zero-order chi connectivity index (χ0) is 22.2. The molecule has 0 fully saturated rings. The highest BCUT2D eigenvalue weighted by Crippen LogP contribution is 2.37. The molecule has 158 valence electrons. The van der Waals surface area contributed by atoms with Gasteiger partial charge in [0.05, 0.1) is 12.2 Å². The van der Waals surface area contributed by atoms with Crippen molar-refractivity contribution in [2.24, 2.45) is 0 Å². The maximum atomic E-state index is 12.7. The molecular weight excluding hydrogens is 414 g/mol. The van der Waals surface area contributed by atoms with Gasteiger partial charge >= 0.3 is 5.97 Å². The molecule has 0 atom stereocenters. The zero-order valence-corrected chi connectivity index (χ0v) is 17.9. The fourth-order valence-electron chi connectivity index (χ4n) is 3.26. The summed E-state index contributed by atoms with van der Waals surface area (Å²) in [5.74, 6) is -0.543. The van der Waals surface area contributed by atoms with E-state index in [1.807, 2.05) is 6.07 Å². The lowest BCUT2D eigenvalue weighted by Crippen LogP contribution is -2.14. The van der Waals surface area contributed by atoms with E-state index in [0.717, 1.165) is 36.1 Å². The van der Waals surface area contributed by atoms with Gasteiger partial charge in [0.2, 0.25) is 0 Å². The lowest BCUT2D eigenvalue weighted by Gasteiger charge is -2.09. The number of nitriles is 2. The van der Waals surface area contributed by atoms with E-state index in [1.54, 1.807) is 31.2 Å². The minimum Gasteiger partial charge on any atom is -0.482 e. The highest BCUT2D eigenvalue weighted by atomic mass is 32.1. The topological polar surface area (TPSA) is 112 Å². The van der Waals surface area contributed by atoms with Crippen molar-refractivity contribution in [1.29, 1.82) is 10.5 Å². The predicted molar refractivity (Wildman–Crippen MR) is 116 cm³/mol. The third kappa shape index (κ3) is 5.50. The number of nitrogens with zero attached hydrogens (tertiary/aromatic N) is 2. The summed E-state index contributed by atoms with van der Waals surface area (Å²) in [6.45, 7) is 1.81. The Bertz CT molecular complexity index is 1090. The minimum atomic E-state index is -0.555. The maximum absolute atomic E-state index is 12.7. The average Bonchev–Trinajstić information content (AvgIpc) is 3.13.